The summed E-state index contributed by atoms with van der Waals surface area (Å²) >= 11 is 0. The largest absolute Gasteiger partial charge is 0.471 e. The zero-order valence-electron chi connectivity index (χ0n) is 25.6. The fourth-order valence-electron chi connectivity index (χ4n) is 5.28. The molecule has 0 aliphatic rings. The molecule has 238 valence electrons. The minimum atomic E-state index is -5.31. The molecule has 0 amide bonds. The van der Waals surface area contributed by atoms with Crippen LogP contribution in [-0.2, 0) is 18.7 Å². The van der Waals surface area contributed by atoms with Gasteiger partial charge in [-0.2, -0.15) is 0 Å². The number of aliphatic hydroxyl groups excluding tert-OH is 2. The number of aliphatic hydroxyl groups is 2. The highest BCUT2D eigenvalue weighted by Gasteiger charge is 2.55. The third-order valence-corrected chi connectivity index (χ3v) is 8.27. The summed E-state index contributed by atoms with van der Waals surface area (Å²) in [4.78, 5) is 45.4. The first-order valence-electron chi connectivity index (χ1n) is 16.3. The summed E-state index contributed by atoms with van der Waals surface area (Å²) in [6.45, 7) is 3.38. The van der Waals surface area contributed by atoms with E-state index >= 15 is 0 Å². The van der Waals surface area contributed by atoms with E-state index in [1.165, 1.54) is 77.0 Å². The van der Waals surface area contributed by atoms with E-state index in [2.05, 4.69) is 13.8 Å². The zero-order chi connectivity index (χ0) is 30.1. The lowest BCUT2D eigenvalue weighted by molar-refractivity contribution is -0.164. The Balaban J connectivity index is 4.69. The molecule has 0 fully saturated rings. The molecule has 0 aromatic heterocycles. The van der Waals surface area contributed by atoms with Gasteiger partial charge < -0.3 is 20.0 Å². The third kappa shape index (κ3) is 18.7. The summed E-state index contributed by atoms with van der Waals surface area (Å²) in [6.07, 6.45) is 21.2. The summed E-state index contributed by atoms with van der Waals surface area (Å²) in [7, 11) is -5.31. The first-order valence-corrected chi connectivity index (χ1v) is 17.8. The number of carbonyl (C=O) groups excluding carboxylic acids is 2. The Bertz CT molecular complexity index is 640. The van der Waals surface area contributed by atoms with Crippen LogP contribution in [0.25, 0.3) is 0 Å². The monoisotopic (exact) mass is 592 g/mol. The van der Waals surface area contributed by atoms with Gasteiger partial charge in [0.15, 0.2) is 11.6 Å². The molecular formula is C31H61O8P. The van der Waals surface area contributed by atoms with Gasteiger partial charge >= 0.3 is 7.82 Å². The molecule has 0 radical (unpaired) electrons. The number of ketones is 2. The Kier molecular flexibility index (Phi) is 24.5. The van der Waals surface area contributed by atoms with E-state index in [-0.39, 0.29) is 12.8 Å². The molecule has 0 heterocycles. The Labute approximate surface area is 244 Å². The number of unbranched alkanes of at least 4 members (excludes halogenated alkanes) is 20. The number of phosphoric ester groups is 1. The topological polar surface area (TPSA) is 141 Å². The molecule has 0 rings (SSSR count). The molecule has 1 unspecified atom stereocenters. The van der Waals surface area contributed by atoms with Gasteiger partial charge in [-0.25, -0.2) is 4.57 Å². The van der Waals surface area contributed by atoms with Crippen molar-refractivity contribution in [2.24, 2.45) is 0 Å². The smallest absolute Gasteiger partial charge is 0.394 e. The Morgan fingerprint density at radius 2 is 0.875 bits per heavy atom. The summed E-state index contributed by atoms with van der Waals surface area (Å²) in [5.41, 5.74) is -2.75. The van der Waals surface area contributed by atoms with Crippen molar-refractivity contribution in [1.82, 2.24) is 0 Å². The minimum absolute atomic E-state index is 0.155. The van der Waals surface area contributed by atoms with Gasteiger partial charge in [0.05, 0.1) is 6.61 Å². The summed E-state index contributed by atoms with van der Waals surface area (Å²) < 4.78 is 16.5. The second-order valence-electron chi connectivity index (χ2n) is 11.4. The van der Waals surface area contributed by atoms with Crippen LogP contribution in [0.3, 0.4) is 0 Å². The molecule has 1 atom stereocenters. The van der Waals surface area contributed by atoms with Crippen molar-refractivity contribution in [2.45, 2.75) is 180 Å². The average molecular weight is 593 g/mol. The molecule has 0 aromatic rings. The van der Waals surface area contributed by atoms with Crippen LogP contribution in [0.5, 0.6) is 0 Å². The second-order valence-corrected chi connectivity index (χ2v) is 12.6. The van der Waals surface area contributed by atoms with Crippen LogP contribution in [0.4, 0.5) is 0 Å². The molecule has 8 nitrogen and oxygen atoms in total. The van der Waals surface area contributed by atoms with Crippen LogP contribution < -0.4 is 0 Å². The molecular weight excluding hydrogens is 531 g/mol. The predicted molar refractivity (Wildman–Crippen MR) is 161 cm³/mol. The molecule has 0 aliphatic carbocycles. The van der Waals surface area contributed by atoms with Crippen molar-refractivity contribution in [3.05, 3.63) is 0 Å². The van der Waals surface area contributed by atoms with Crippen molar-refractivity contribution in [3.8, 4) is 0 Å². The number of carbonyl (C=O) groups is 2. The Morgan fingerprint density at radius 1 is 0.600 bits per heavy atom. The summed E-state index contributed by atoms with van der Waals surface area (Å²) in [5, 5.41) is 20.1. The molecule has 0 aromatic carbocycles. The lowest BCUT2D eigenvalue weighted by Crippen LogP contribution is -2.58. The average Bonchev–Trinajstić information content (AvgIpc) is 2.92. The third-order valence-electron chi connectivity index (χ3n) is 7.75. The first-order chi connectivity index (χ1) is 19.2. The van der Waals surface area contributed by atoms with Crippen LogP contribution in [0.15, 0.2) is 0 Å². The molecule has 0 saturated heterocycles. The van der Waals surface area contributed by atoms with E-state index in [0.717, 1.165) is 51.4 Å². The molecule has 0 spiro atoms. The quantitative estimate of drug-likeness (QED) is 0.0377. The van der Waals surface area contributed by atoms with E-state index in [1.807, 2.05) is 0 Å². The van der Waals surface area contributed by atoms with Crippen molar-refractivity contribution in [3.63, 3.8) is 0 Å². The number of hydrogen-bond donors (Lipinski definition) is 4. The van der Waals surface area contributed by atoms with Crippen molar-refractivity contribution < 1.29 is 38.7 Å². The van der Waals surface area contributed by atoms with Crippen LogP contribution in [0, 0.1) is 0 Å². The molecule has 40 heavy (non-hydrogen) atoms. The van der Waals surface area contributed by atoms with Crippen LogP contribution in [0.2, 0.25) is 0 Å². The maximum atomic E-state index is 13.2. The second kappa shape index (κ2) is 24.9. The lowest BCUT2D eigenvalue weighted by atomic mass is 9.82. The van der Waals surface area contributed by atoms with Crippen molar-refractivity contribution in [2.75, 3.05) is 6.61 Å². The van der Waals surface area contributed by atoms with Crippen LogP contribution in [-0.4, -0.2) is 49.9 Å². The standard InChI is InChI=1S/C31H61O8P/c1-3-5-7-9-11-13-15-17-19-21-23-25-28(33)31(30(35)27-32,39-40(36,37)38)29(34)26-24-22-20-18-16-14-12-10-8-6-4-2/h30,32,35H,3-27H2,1-2H3,(H2,36,37,38). The maximum Gasteiger partial charge on any atom is 0.471 e. The zero-order valence-corrected chi connectivity index (χ0v) is 26.5. The number of Topliss-reactive ketones (excluding diaryl/α,β-unsaturated/α-hetero) is 2. The fraction of sp³-hybridized carbons (Fsp3) is 0.935. The van der Waals surface area contributed by atoms with E-state index in [4.69, 9.17) is 4.52 Å². The molecule has 4 N–H and O–H groups in total. The van der Waals surface area contributed by atoms with Gasteiger partial charge in [0, 0.05) is 12.8 Å². The van der Waals surface area contributed by atoms with Gasteiger partial charge in [-0.3, -0.25) is 14.1 Å². The number of phosphoric acid groups is 1. The normalized spacial score (nSPS) is 13.1. The highest BCUT2D eigenvalue weighted by atomic mass is 31.2. The van der Waals surface area contributed by atoms with Gasteiger partial charge in [-0.15, -0.1) is 0 Å². The summed E-state index contributed by atoms with van der Waals surface area (Å²) in [5.74, 6) is -1.75. The van der Waals surface area contributed by atoms with Crippen molar-refractivity contribution in [1.29, 1.82) is 0 Å². The lowest BCUT2D eigenvalue weighted by Gasteiger charge is -2.34. The minimum Gasteiger partial charge on any atom is -0.394 e. The Morgan fingerprint density at radius 3 is 1.12 bits per heavy atom. The van der Waals surface area contributed by atoms with Gasteiger partial charge in [0.25, 0.3) is 0 Å². The van der Waals surface area contributed by atoms with Crippen molar-refractivity contribution >= 4 is 19.4 Å². The molecule has 9 heteroatoms. The van der Waals surface area contributed by atoms with Crippen LogP contribution >= 0.6 is 7.82 Å². The highest BCUT2D eigenvalue weighted by Crippen LogP contribution is 2.44. The first kappa shape index (κ1) is 39.4. The van der Waals surface area contributed by atoms with Crippen LogP contribution in [0.1, 0.15) is 168 Å². The highest BCUT2D eigenvalue weighted by molar-refractivity contribution is 7.46. The van der Waals surface area contributed by atoms with Gasteiger partial charge in [0.2, 0.25) is 5.60 Å². The van der Waals surface area contributed by atoms with Gasteiger partial charge in [0.1, 0.15) is 6.10 Å². The molecule has 0 aliphatic heterocycles. The predicted octanol–water partition coefficient (Wildman–Crippen LogP) is 7.73. The number of rotatable bonds is 30. The van der Waals surface area contributed by atoms with E-state index < -0.39 is 37.7 Å². The summed E-state index contributed by atoms with van der Waals surface area (Å²) in [6, 6.07) is 0. The van der Waals surface area contributed by atoms with E-state index in [0.29, 0.717) is 12.8 Å². The molecule has 0 bridgehead atoms. The fourth-order valence-corrected chi connectivity index (χ4v) is 5.98. The van der Waals surface area contributed by atoms with Gasteiger partial charge in [-0.1, -0.05) is 142 Å². The maximum absolute atomic E-state index is 13.2. The van der Waals surface area contributed by atoms with Gasteiger partial charge in [-0.05, 0) is 12.8 Å². The molecule has 0 saturated carbocycles. The van der Waals surface area contributed by atoms with E-state index in [1.54, 1.807) is 0 Å². The number of hydrogen-bond acceptors (Lipinski definition) is 6. The van der Waals surface area contributed by atoms with E-state index in [9.17, 15) is 34.2 Å². The Hall–Kier alpha value is -0.630. The SMILES string of the molecule is CCCCCCCCCCCCCC(=O)C(OP(=O)(O)O)(C(=O)CCCCCCCCCCCCC)C(O)CO.